The average Bonchev–Trinajstić information content (AvgIpc) is 2.16. The van der Waals surface area contributed by atoms with Crippen molar-refractivity contribution in [2.45, 2.75) is 25.1 Å². The molecule has 0 radical (unpaired) electrons. The molecule has 0 aliphatic carbocycles. The summed E-state index contributed by atoms with van der Waals surface area (Å²) in [6.45, 7) is 0.926. The summed E-state index contributed by atoms with van der Waals surface area (Å²) in [5.41, 5.74) is 0.663. The molecule has 15 heavy (non-hydrogen) atoms. The van der Waals surface area contributed by atoms with Gasteiger partial charge in [-0.3, -0.25) is 0 Å². The van der Waals surface area contributed by atoms with E-state index < -0.39 is 12.3 Å². The molecule has 1 heterocycles. The second-order valence-electron chi connectivity index (χ2n) is 2.94. The van der Waals surface area contributed by atoms with Crippen molar-refractivity contribution in [3.05, 3.63) is 23.9 Å². The smallest absolute Gasteiger partial charge is 0.425 e. The van der Waals surface area contributed by atoms with Gasteiger partial charge in [0.1, 0.15) is 0 Å². The third-order valence-electron chi connectivity index (χ3n) is 1.71. The summed E-state index contributed by atoms with van der Waals surface area (Å²) in [6, 6.07) is 2.99. The third-order valence-corrected chi connectivity index (χ3v) is 2.02. The van der Waals surface area contributed by atoms with Gasteiger partial charge >= 0.3 is 6.18 Å². The Balaban J connectivity index is 2.72. The number of ether oxygens (including phenoxy) is 1. The van der Waals surface area contributed by atoms with Gasteiger partial charge in [0.25, 0.3) is 0 Å². The number of hydrogen-bond donors (Lipinski definition) is 0. The molecule has 0 spiro atoms. The van der Waals surface area contributed by atoms with Crippen LogP contribution in [0.3, 0.4) is 0 Å². The van der Waals surface area contributed by atoms with Gasteiger partial charge in [0.2, 0.25) is 5.88 Å². The maximum Gasteiger partial charge on any atom is 0.425 e. The molecule has 0 amide bonds. The van der Waals surface area contributed by atoms with E-state index >= 15 is 0 Å². The van der Waals surface area contributed by atoms with Gasteiger partial charge in [-0.05, 0) is 18.6 Å². The van der Waals surface area contributed by atoms with Crippen molar-refractivity contribution in [2.75, 3.05) is 0 Å². The van der Waals surface area contributed by atoms with Crippen LogP contribution in [0, 0.1) is 0 Å². The molecule has 0 fully saturated rings. The number of rotatable bonds is 3. The fourth-order valence-electron chi connectivity index (χ4n) is 0.846. The van der Waals surface area contributed by atoms with Crippen LogP contribution in [-0.2, 0) is 5.88 Å². The topological polar surface area (TPSA) is 22.1 Å². The minimum absolute atomic E-state index is 0.0713. The summed E-state index contributed by atoms with van der Waals surface area (Å²) >= 11 is 5.52. The molecule has 1 unspecified atom stereocenters. The van der Waals surface area contributed by atoms with Crippen molar-refractivity contribution < 1.29 is 17.9 Å². The van der Waals surface area contributed by atoms with Crippen LogP contribution in [0.2, 0.25) is 0 Å². The Kier molecular flexibility index (Phi) is 3.79. The van der Waals surface area contributed by atoms with Crippen LogP contribution in [0.15, 0.2) is 18.3 Å². The number of aromatic nitrogens is 1. The summed E-state index contributed by atoms with van der Waals surface area (Å²) in [6.07, 6.45) is -4.91. The molecule has 0 aliphatic rings. The summed E-state index contributed by atoms with van der Waals surface area (Å²) in [5, 5.41) is 0. The van der Waals surface area contributed by atoms with Crippen molar-refractivity contribution in [2.24, 2.45) is 0 Å². The highest BCUT2D eigenvalue weighted by atomic mass is 35.5. The van der Waals surface area contributed by atoms with Gasteiger partial charge < -0.3 is 4.74 Å². The molecule has 0 aromatic carbocycles. The van der Waals surface area contributed by atoms with Gasteiger partial charge in [-0.15, -0.1) is 11.6 Å². The molecule has 0 saturated carbocycles. The summed E-state index contributed by atoms with van der Waals surface area (Å²) in [4.78, 5) is 3.66. The number of halogens is 4. The molecule has 6 heteroatoms. The molecular formula is C9H9ClF3NO. The van der Waals surface area contributed by atoms with Gasteiger partial charge in [-0.25, -0.2) is 4.98 Å². The molecule has 1 aromatic rings. The number of pyridine rings is 1. The van der Waals surface area contributed by atoms with E-state index in [1.165, 1.54) is 12.3 Å². The summed E-state index contributed by atoms with van der Waals surface area (Å²) in [7, 11) is 0. The second kappa shape index (κ2) is 4.70. The summed E-state index contributed by atoms with van der Waals surface area (Å²) < 4.78 is 41.0. The van der Waals surface area contributed by atoms with Gasteiger partial charge in [0.05, 0.1) is 0 Å². The van der Waals surface area contributed by atoms with Crippen molar-refractivity contribution in [3.63, 3.8) is 0 Å². The van der Waals surface area contributed by atoms with Crippen LogP contribution in [-0.4, -0.2) is 17.3 Å². The van der Waals surface area contributed by atoms with Crippen LogP contribution in [0.4, 0.5) is 13.2 Å². The van der Waals surface area contributed by atoms with Crippen molar-refractivity contribution in [1.82, 2.24) is 4.98 Å². The minimum atomic E-state index is -4.39. The lowest BCUT2D eigenvalue weighted by atomic mass is 10.3. The number of alkyl halides is 4. The van der Waals surface area contributed by atoms with Crippen molar-refractivity contribution in [3.8, 4) is 5.88 Å². The van der Waals surface area contributed by atoms with E-state index in [0.717, 1.165) is 6.92 Å². The van der Waals surface area contributed by atoms with Gasteiger partial charge in [-0.1, -0.05) is 0 Å². The minimum Gasteiger partial charge on any atom is -0.465 e. The summed E-state index contributed by atoms with van der Waals surface area (Å²) in [5.74, 6) is 0.136. The van der Waals surface area contributed by atoms with E-state index in [1.54, 1.807) is 6.07 Å². The van der Waals surface area contributed by atoms with Gasteiger partial charge in [0.15, 0.2) is 6.10 Å². The first-order chi connectivity index (χ1) is 6.93. The van der Waals surface area contributed by atoms with E-state index in [-0.39, 0.29) is 11.8 Å². The average molecular weight is 240 g/mol. The fourth-order valence-corrected chi connectivity index (χ4v) is 1.01. The zero-order valence-corrected chi connectivity index (χ0v) is 8.64. The first-order valence-corrected chi connectivity index (χ1v) is 4.71. The maximum atomic E-state index is 12.1. The van der Waals surface area contributed by atoms with E-state index in [0.29, 0.717) is 5.56 Å². The SMILES string of the molecule is CC(Oc1cc(CCl)ccn1)C(F)(F)F. The Morgan fingerprint density at radius 1 is 1.53 bits per heavy atom. The highest BCUT2D eigenvalue weighted by Crippen LogP contribution is 2.24. The predicted molar refractivity (Wildman–Crippen MR) is 49.9 cm³/mol. The Bertz CT molecular complexity index is 329. The molecule has 84 valence electrons. The molecule has 1 atom stereocenters. The lowest BCUT2D eigenvalue weighted by Gasteiger charge is -2.16. The van der Waals surface area contributed by atoms with E-state index in [9.17, 15) is 13.2 Å². The Morgan fingerprint density at radius 3 is 2.73 bits per heavy atom. The predicted octanol–water partition coefficient (Wildman–Crippen LogP) is 3.15. The highest BCUT2D eigenvalue weighted by molar-refractivity contribution is 6.17. The molecule has 0 aliphatic heterocycles. The van der Waals surface area contributed by atoms with E-state index in [2.05, 4.69) is 9.72 Å². The quantitative estimate of drug-likeness (QED) is 0.756. The first kappa shape index (κ1) is 12.1. The fraction of sp³-hybridized carbons (Fsp3) is 0.444. The molecule has 1 aromatic heterocycles. The van der Waals surface area contributed by atoms with Crippen LogP contribution in [0.25, 0.3) is 0 Å². The Hall–Kier alpha value is -0.970. The molecule has 0 saturated heterocycles. The van der Waals surface area contributed by atoms with Crippen LogP contribution >= 0.6 is 11.6 Å². The lowest BCUT2D eigenvalue weighted by Crippen LogP contribution is -2.31. The zero-order valence-electron chi connectivity index (χ0n) is 7.88. The molecule has 0 N–H and O–H groups in total. The van der Waals surface area contributed by atoms with Gasteiger partial charge in [-0.2, -0.15) is 13.2 Å². The lowest BCUT2D eigenvalue weighted by molar-refractivity contribution is -0.189. The first-order valence-electron chi connectivity index (χ1n) is 4.17. The van der Waals surface area contributed by atoms with E-state index in [4.69, 9.17) is 11.6 Å². The molecule has 0 bridgehead atoms. The zero-order chi connectivity index (χ0) is 11.5. The van der Waals surface area contributed by atoms with Crippen LogP contribution in [0.1, 0.15) is 12.5 Å². The number of hydrogen-bond acceptors (Lipinski definition) is 2. The standard InChI is InChI=1S/C9H9ClF3NO/c1-6(9(11,12)13)15-8-4-7(5-10)2-3-14-8/h2-4,6H,5H2,1H3. The highest BCUT2D eigenvalue weighted by Gasteiger charge is 2.38. The Labute approximate surface area is 90.0 Å². The maximum absolute atomic E-state index is 12.1. The molecule has 2 nitrogen and oxygen atoms in total. The van der Waals surface area contributed by atoms with Crippen LogP contribution in [0.5, 0.6) is 5.88 Å². The molecule has 1 rings (SSSR count). The molecular weight excluding hydrogens is 231 g/mol. The number of nitrogens with zero attached hydrogens (tertiary/aromatic N) is 1. The largest absolute Gasteiger partial charge is 0.465 e. The Morgan fingerprint density at radius 2 is 2.20 bits per heavy atom. The third kappa shape index (κ3) is 3.58. The van der Waals surface area contributed by atoms with E-state index in [1.807, 2.05) is 0 Å². The van der Waals surface area contributed by atoms with Crippen molar-refractivity contribution in [1.29, 1.82) is 0 Å². The van der Waals surface area contributed by atoms with Crippen LogP contribution < -0.4 is 4.74 Å². The monoisotopic (exact) mass is 239 g/mol. The van der Waals surface area contributed by atoms with Gasteiger partial charge in [0, 0.05) is 18.1 Å². The second-order valence-corrected chi connectivity index (χ2v) is 3.20. The van der Waals surface area contributed by atoms with Crippen molar-refractivity contribution >= 4 is 11.6 Å². The normalized spacial score (nSPS) is 13.7.